The lowest BCUT2D eigenvalue weighted by atomic mass is 9.93. The third-order valence-electron chi connectivity index (χ3n) is 3.58. The van der Waals surface area contributed by atoms with Gasteiger partial charge in [0.2, 0.25) is 0 Å². The Morgan fingerprint density at radius 3 is 2.43 bits per heavy atom. The molecule has 2 nitrogen and oxygen atoms in total. The van der Waals surface area contributed by atoms with Crippen LogP contribution in [0.4, 0.5) is 0 Å². The third-order valence-corrected chi connectivity index (χ3v) is 4.07. The first-order chi connectivity index (χ1) is 10.1. The first-order valence-corrected chi connectivity index (χ1v) is 7.95. The van der Waals surface area contributed by atoms with Crippen molar-refractivity contribution in [3.05, 3.63) is 70.2 Å². The van der Waals surface area contributed by atoms with Crippen molar-refractivity contribution >= 4 is 21.9 Å². The molecule has 1 N–H and O–H groups in total. The van der Waals surface area contributed by atoms with E-state index < -0.39 is 5.97 Å². The lowest BCUT2D eigenvalue weighted by molar-refractivity contribution is -0.141. The summed E-state index contributed by atoms with van der Waals surface area (Å²) in [5.41, 5.74) is 2.33. The Morgan fingerprint density at radius 1 is 1.05 bits per heavy atom. The Bertz CT molecular complexity index is 581. The molecule has 2 aromatic rings. The van der Waals surface area contributed by atoms with Crippen LogP contribution in [-0.4, -0.2) is 11.1 Å². The highest BCUT2D eigenvalue weighted by molar-refractivity contribution is 9.10. The second-order valence-corrected chi connectivity index (χ2v) is 6.16. The molecule has 21 heavy (non-hydrogen) atoms. The van der Waals surface area contributed by atoms with Gasteiger partial charge in [-0.3, -0.25) is 4.79 Å². The number of rotatable bonds is 7. The van der Waals surface area contributed by atoms with E-state index in [0.717, 1.165) is 22.9 Å². The van der Waals surface area contributed by atoms with Crippen molar-refractivity contribution in [2.24, 2.45) is 5.92 Å². The number of halogens is 1. The van der Waals surface area contributed by atoms with Gasteiger partial charge in [0.05, 0.1) is 5.92 Å². The van der Waals surface area contributed by atoms with Crippen molar-refractivity contribution < 1.29 is 9.90 Å². The summed E-state index contributed by atoms with van der Waals surface area (Å²) < 4.78 is 0.994. The predicted molar refractivity (Wildman–Crippen MR) is 88.4 cm³/mol. The normalized spacial score (nSPS) is 12.0. The predicted octanol–water partition coefficient (Wildman–Crippen LogP) is 4.72. The van der Waals surface area contributed by atoms with Gasteiger partial charge in [0, 0.05) is 4.47 Å². The number of carboxylic acid groups (broad SMARTS) is 1. The molecule has 0 aliphatic rings. The van der Waals surface area contributed by atoms with Crippen molar-refractivity contribution in [2.45, 2.75) is 25.7 Å². The number of hydrogen-bond acceptors (Lipinski definition) is 1. The van der Waals surface area contributed by atoms with Gasteiger partial charge in [-0.15, -0.1) is 0 Å². The van der Waals surface area contributed by atoms with Gasteiger partial charge >= 0.3 is 5.97 Å². The number of carbonyl (C=O) groups is 1. The van der Waals surface area contributed by atoms with E-state index in [2.05, 4.69) is 28.1 Å². The van der Waals surface area contributed by atoms with Crippen LogP contribution in [0.1, 0.15) is 24.0 Å². The van der Waals surface area contributed by atoms with E-state index >= 15 is 0 Å². The van der Waals surface area contributed by atoms with E-state index in [1.807, 2.05) is 42.5 Å². The number of hydrogen-bond donors (Lipinski definition) is 1. The van der Waals surface area contributed by atoms with Crippen LogP contribution in [0.25, 0.3) is 0 Å². The standard InChI is InChI=1S/C18H19BrO2/c19-17-11-5-9-15(13-17)12-16(18(20)21)10-4-8-14-6-2-1-3-7-14/h1-3,5-7,9,11,13,16H,4,8,10,12H2,(H,20,21). The summed E-state index contributed by atoms with van der Waals surface area (Å²) in [4.78, 5) is 11.4. The van der Waals surface area contributed by atoms with Gasteiger partial charge in [0.15, 0.2) is 0 Å². The van der Waals surface area contributed by atoms with Crippen molar-refractivity contribution in [3.63, 3.8) is 0 Å². The smallest absolute Gasteiger partial charge is 0.306 e. The zero-order chi connectivity index (χ0) is 15.1. The van der Waals surface area contributed by atoms with Gasteiger partial charge in [-0.25, -0.2) is 0 Å². The van der Waals surface area contributed by atoms with Gasteiger partial charge in [0.1, 0.15) is 0 Å². The van der Waals surface area contributed by atoms with Crippen LogP contribution in [0.5, 0.6) is 0 Å². The summed E-state index contributed by atoms with van der Waals surface area (Å²) >= 11 is 3.42. The molecule has 0 saturated heterocycles. The summed E-state index contributed by atoms with van der Waals surface area (Å²) in [6, 6.07) is 18.1. The molecular formula is C18H19BrO2. The Morgan fingerprint density at radius 2 is 1.76 bits per heavy atom. The van der Waals surface area contributed by atoms with Crippen LogP contribution >= 0.6 is 15.9 Å². The summed E-state index contributed by atoms with van der Waals surface area (Å²) in [5, 5.41) is 9.39. The average molecular weight is 347 g/mol. The molecule has 110 valence electrons. The Hall–Kier alpha value is -1.61. The SMILES string of the molecule is O=C(O)C(CCCc1ccccc1)Cc1cccc(Br)c1. The van der Waals surface area contributed by atoms with Gasteiger partial charge in [0.25, 0.3) is 0 Å². The van der Waals surface area contributed by atoms with Crippen molar-refractivity contribution in [2.75, 3.05) is 0 Å². The second kappa shape index (κ2) is 7.99. The Balaban J connectivity index is 1.89. The molecule has 0 aliphatic heterocycles. The summed E-state index contributed by atoms with van der Waals surface area (Å²) in [6.45, 7) is 0. The lowest BCUT2D eigenvalue weighted by Gasteiger charge is -2.12. The fourth-order valence-corrected chi connectivity index (χ4v) is 2.91. The number of benzene rings is 2. The van der Waals surface area contributed by atoms with Crippen LogP contribution in [0, 0.1) is 5.92 Å². The molecule has 1 atom stereocenters. The fourth-order valence-electron chi connectivity index (χ4n) is 2.46. The first kappa shape index (κ1) is 15.8. The maximum atomic E-state index is 11.4. The van der Waals surface area contributed by atoms with E-state index in [1.165, 1.54) is 5.56 Å². The largest absolute Gasteiger partial charge is 0.481 e. The molecule has 0 heterocycles. The highest BCUT2D eigenvalue weighted by atomic mass is 79.9. The van der Waals surface area contributed by atoms with E-state index in [9.17, 15) is 9.90 Å². The molecule has 0 amide bonds. The van der Waals surface area contributed by atoms with Crippen LogP contribution in [-0.2, 0) is 17.6 Å². The Kier molecular flexibility index (Phi) is 6.00. The summed E-state index contributed by atoms with van der Waals surface area (Å²) in [5.74, 6) is -1.02. The second-order valence-electron chi connectivity index (χ2n) is 5.25. The lowest BCUT2D eigenvalue weighted by Crippen LogP contribution is -2.16. The highest BCUT2D eigenvalue weighted by Crippen LogP contribution is 2.19. The molecule has 1 unspecified atom stereocenters. The maximum absolute atomic E-state index is 11.4. The van der Waals surface area contributed by atoms with Crippen LogP contribution in [0.15, 0.2) is 59.1 Å². The molecule has 0 bridgehead atoms. The summed E-state index contributed by atoms with van der Waals surface area (Å²) in [7, 11) is 0. The van der Waals surface area contributed by atoms with Gasteiger partial charge in [-0.05, 0) is 48.9 Å². The van der Waals surface area contributed by atoms with Gasteiger partial charge in [-0.2, -0.15) is 0 Å². The molecule has 2 aromatic carbocycles. The molecular weight excluding hydrogens is 328 g/mol. The average Bonchev–Trinajstić information content (AvgIpc) is 2.47. The van der Waals surface area contributed by atoms with Crippen LogP contribution < -0.4 is 0 Å². The van der Waals surface area contributed by atoms with Gasteiger partial charge < -0.3 is 5.11 Å². The third kappa shape index (κ3) is 5.35. The first-order valence-electron chi connectivity index (χ1n) is 7.16. The fraction of sp³-hybridized carbons (Fsp3) is 0.278. The number of carboxylic acids is 1. The van der Waals surface area contributed by atoms with Crippen molar-refractivity contribution in [1.82, 2.24) is 0 Å². The van der Waals surface area contributed by atoms with E-state index in [-0.39, 0.29) is 5.92 Å². The number of aliphatic carboxylic acids is 1. The Labute approximate surface area is 134 Å². The van der Waals surface area contributed by atoms with Crippen molar-refractivity contribution in [1.29, 1.82) is 0 Å². The van der Waals surface area contributed by atoms with Crippen molar-refractivity contribution in [3.8, 4) is 0 Å². The topological polar surface area (TPSA) is 37.3 Å². The minimum absolute atomic E-state index is 0.317. The summed E-state index contributed by atoms with van der Waals surface area (Å²) in [6.07, 6.45) is 3.12. The monoisotopic (exact) mass is 346 g/mol. The maximum Gasteiger partial charge on any atom is 0.306 e. The van der Waals surface area contributed by atoms with Crippen LogP contribution in [0.2, 0.25) is 0 Å². The number of aryl methyl sites for hydroxylation is 1. The zero-order valence-electron chi connectivity index (χ0n) is 11.8. The molecule has 0 spiro atoms. The molecule has 0 aliphatic carbocycles. The highest BCUT2D eigenvalue weighted by Gasteiger charge is 2.17. The van der Waals surface area contributed by atoms with E-state index in [4.69, 9.17) is 0 Å². The van der Waals surface area contributed by atoms with E-state index in [1.54, 1.807) is 0 Å². The molecule has 0 aromatic heterocycles. The zero-order valence-corrected chi connectivity index (χ0v) is 13.4. The minimum Gasteiger partial charge on any atom is -0.481 e. The van der Waals surface area contributed by atoms with E-state index in [0.29, 0.717) is 12.8 Å². The molecule has 3 heteroatoms. The molecule has 0 radical (unpaired) electrons. The molecule has 0 fully saturated rings. The quantitative estimate of drug-likeness (QED) is 0.787. The minimum atomic E-state index is -0.706. The van der Waals surface area contributed by atoms with Gasteiger partial charge in [-0.1, -0.05) is 58.4 Å². The molecule has 2 rings (SSSR count). The molecule has 0 saturated carbocycles. The van der Waals surface area contributed by atoms with Crippen LogP contribution in [0.3, 0.4) is 0 Å².